The Hall–Kier alpha value is -1.54. The molecule has 0 saturated carbocycles. The predicted octanol–water partition coefficient (Wildman–Crippen LogP) is 3.60. The van der Waals surface area contributed by atoms with Crippen LogP contribution in [0.1, 0.15) is 56.3 Å². The maximum absolute atomic E-state index is 13.2. The highest BCUT2D eigenvalue weighted by Gasteiger charge is 2.37. The van der Waals surface area contributed by atoms with Crippen LogP contribution in [0.5, 0.6) is 0 Å². The fourth-order valence-corrected chi connectivity index (χ4v) is 5.74. The van der Waals surface area contributed by atoms with E-state index in [2.05, 4.69) is 41.3 Å². The van der Waals surface area contributed by atoms with Crippen LogP contribution >= 0.6 is 24.8 Å². The van der Waals surface area contributed by atoms with Crippen molar-refractivity contribution in [2.24, 2.45) is 0 Å². The molecule has 2 aromatic rings. The van der Waals surface area contributed by atoms with Crippen LogP contribution in [0.25, 0.3) is 11.1 Å². The van der Waals surface area contributed by atoms with Crippen molar-refractivity contribution in [3.8, 4) is 0 Å². The summed E-state index contributed by atoms with van der Waals surface area (Å²) in [6, 6.07) is 8.26. The van der Waals surface area contributed by atoms with E-state index in [-0.39, 0.29) is 48.8 Å². The minimum Gasteiger partial charge on any atom is -0.423 e. The number of rotatable bonds is 3. The molecule has 9 heteroatoms. The summed E-state index contributed by atoms with van der Waals surface area (Å²) >= 11 is 0. The number of aromatic nitrogens is 1. The molecule has 2 N–H and O–H groups in total. The highest BCUT2D eigenvalue weighted by molar-refractivity contribution is 6.04. The van der Waals surface area contributed by atoms with Crippen molar-refractivity contribution in [2.75, 3.05) is 25.0 Å². The van der Waals surface area contributed by atoms with Crippen LogP contribution in [0.3, 0.4) is 0 Å². The summed E-state index contributed by atoms with van der Waals surface area (Å²) in [4.78, 5) is 22.7. The van der Waals surface area contributed by atoms with Gasteiger partial charge < -0.3 is 24.9 Å². The Balaban J connectivity index is 0.00000144. The number of nitrogens with one attached hydrogen (secondary N) is 2. The molecule has 3 aliphatic rings. The number of carbonyl (C=O) groups is 1. The van der Waals surface area contributed by atoms with E-state index in [1.165, 1.54) is 19.3 Å². The van der Waals surface area contributed by atoms with Gasteiger partial charge in [-0.3, -0.25) is 4.79 Å². The summed E-state index contributed by atoms with van der Waals surface area (Å²) in [5.41, 5.74) is 1.95. The van der Waals surface area contributed by atoms with E-state index in [0.29, 0.717) is 34.8 Å². The van der Waals surface area contributed by atoms with Gasteiger partial charge in [-0.05, 0) is 58.7 Å². The highest BCUT2D eigenvalue weighted by atomic mass is 35.5. The van der Waals surface area contributed by atoms with Crippen LogP contribution in [0, 0.1) is 0 Å². The van der Waals surface area contributed by atoms with E-state index >= 15 is 0 Å². The fraction of sp³-hybridized carbons (Fsp3) is 0.652. The van der Waals surface area contributed by atoms with Crippen LogP contribution in [-0.4, -0.2) is 66.1 Å². The number of oxazole rings is 1. The van der Waals surface area contributed by atoms with Crippen LogP contribution in [0.4, 0.5) is 6.01 Å². The molecule has 2 bridgehead atoms. The number of anilines is 1. The number of piperidine rings is 2. The third-order valence-corrected chi connectivity index (χ3v) is 7.38. The smallest absolute Gasteiger partial charge is 0.298 e. The second-order valence-electron chi connectivity index (χ2n) is 9.46. The molecular weight excluding hydrogens is 449 g/mol. The van der Waals surface area contributed by atoms with Crippen molar-refractivity contribution < 1.29 is 9.21 Å². The zero-order chi connectivity index (χ0) is 20.8. The quantitative estimate of drug-likeness (QED) is 0.694. The molecule has 0 aliphatic carbocycles. The third kappa shape index (κ3) is 4.58. The van der Waals surface area contributed by atoms with Gasteiger partial charge in [-0.2, -0.15) is 4.98 Å². The van der Waals surface area contributed by atoms with Crippen LogP contribution < -0.4 is 15.5 Å². The van der Waals surface area contributed by atoms with Gasteiger partial charge >= 0.3 is 0 Å². The molecular formula is C23H35Cl2N5O2. The molecule has 4 atom stereocenters. The second kappa shape index (κ2) is 10.2. The van der Waals surface area contributed by atoms with E-state index in [1.807, 2.05) is 18.2 Å². The maximum Gasteiger partial charge on any atom is 0.298 e. The zero-order valence-electron chi connectivity index (χ0n) is 19.0. The van der Waals surface area contributed by atoms with Crippen molar-refractivity contribution in [3.63, 3.8) is 0 Å². The van der Waals surface area contributed by atoms with E-state index < -0.39 is 0 Å². The standard InChI is InChI=1S/C23H33N5O2.2ClH/c1-14-12-24-13-15(2)28(14)23-26-21-19(8-5-9-20(21)30-23)22(29)25-16-10-17-6-4-7-18(11-16)27(17)3;;/h5,8-9,14-18,24H,4,6-7,10-13H2,1-3H3,(H,25,29);2*1H/t14-,15-,16?,17?,18?;;/m1../s1. The molecule has 7 nitrogen and oxygen atoms in total. The summed E-state index contributed by atoms with van der Waals surface area (Å²) in [6.07, 6.45) is 5.86. The minimum absolute atomic E-state index is 0. The molecule has 3 aliphatic heterocycles. The summed E-state index contributed by atoms with van der Waals surface area (Å²) in [7, 11) is 2.24. The Morgan fingerprint density at radius 2 is 1.78 bits per heavy atom. The summed E-state index contributed by atoms with van der Waals surface area (Å²) in [5.74, 6) is -0.0329. The molecule has 3 saturated heterocycles. The van der Waals surface area contributed by atoms with Gasteiger partial charge in [-0.15, -0.1) is 24.8 Å². The first-order chi connectivity index (χ1) is 14.5. The number of fused-ring (bicyclic) bond motifs is 3. The number of hydrogen-bond donors (Lipinski definition) is 2. The van der Waals surface area contributed by atoms with Crippen molar-refractivity contribution in [2.45, 2.75) is 76.2 Å². The van der Waals surface area contributed by atoms with Gasteiger partial charge in [-0.1, -0.05) is 12.5 Å². The number of piperazine rings is 1. The highest BCUT2D eigenvalue weighted by Crippen LogP contribution is 2.33. The van der Waals surface area contributed by atoms with E-state index in [9.17, 15) is 4.79 Å². The summed E-state index contributed by atoms with van der Waals surface area (Å²) < 4.78 is 6.10. The lowest BCUT2D eigenvalue weighted by Gasteiger charge is -2.47. The molecule has 1 aromatic heterocycles. The normalized spacial score (nSPS) is 30.3. The van der Waals surface area contributed by atoms with Gasteiger partial charge in [0.2, 0.25) is 0 Å². The molecule has 0 spiro atoms. The number of nitrogens with zero attached hydrogens (tertiary/aromatic N) is 3. The molecule has 5 rings (SSSR count). The van der Waals surface area contributed by atoms with Crippen LogP contribution in [-0.2, 0) is 0 Å². The van der Waals surface area contributed by atoms with Crippen molar-refractivity contribution in [1.82, 2.24) is 20.5 Å². The second-order valence-corrected chi connectivity index (χ2v) is 9.46. The first kappa shape index (κ1) is 25.1. The molecule has 178 valence electrons. The number of carbonyl (C=O) groups excluding carboxylic acids is 1. The predicted molar refractivity (Wildman–Crippen MR) is 132 cm³/mol. The first-order valence-electron chi connectivity index (χ1n) is 11.4. The van der Waals surface area contributed by atoms with Gasteiger partial charge in [0.15, 0.2) is 5.58 Å². The van der Waals surface area contributed by atoms with Crippen LogP contribution in [0.2, 0.25) is 0 Å². The van der Waals surface area contributed by atoms with Crippen molar-refractivity contribution in [3.05, 3.63) is 23.8 Å². The van der Waals surface area contributed by atoms with Gasteiger partial charge in [0.25, 0.3) is 11.9 Å². The Labute approximate surface area is 202 Å². The van der Waals surface area contributed by atoms with Gasteiger partial charge in [0.1, 0.15) is 5.52 Å². The lowest BCUT2D eigenvalue weighted by atomic mass is 9.82. The number of hydrogen-bond acceptors (Lipinski definition) is 6. The third-order valence-electron chi connectivity index (χ3n) is 7.38. The lowest BCUT2D eigenvalue weighted by molar-refractivity contribution is 0.0463. The molecule has 3 fully saturated rings. The Bertz CT molecular complexity index is 914. The monoisotopic (exact) mass is 483 g/mol. The average Bonchev–Trinajstić information content (AvgIpc) is 3.12. The summed E-state index contributed by atoms with van der Waals surface area (Å²) in [5, 5.41) is 6.75. The molecule has 0 radical (unpaired) electrons. The van der Waals surface area contributed by atoms with Crippen molar-refractivity contribution in [1.29, 1.82) is 0 Å². The number of halogens is 2. The Kier molecular flexibility index (Phi) is 7.97. The average molecular weight is 484 g/mol. The number of amides is 1. The molecule has 32 heavy (non-hydrogen) atoms. The zero-order valence-corrected chi connectivity index (χ0v) is 20.7. The van der Waals surface area contributed by atoms with Gasteiger partial charge in [0.05, 0.1) is 5.56 Å². The maximum atomic E-state index is 13.2. The topological polar surface area (TPSA) is 73.6 Å². The Morgan fingerprint density at radius 1 is 1.12 bits per heavy atom. The number of benzene rings is 1. The van der Waals surface area contributed by atoms with E-state index in [0.717, 1.165) is 25.9 Å². The molecule has 1 amide bonds. The largest absolute Gasteiger partial charge is 0.423 e. The molecule has 2 unspecified atom stereocenters. The summed E-state index contributed by atoms with van der Waals surface area (Å²) in [6.45, 7) is 6.13. The van der Waals surface area contributed by atoms with Crippen molar-refractivity contribution >= 4 is 47.8 Å². The van der Waals surface area contributed by atoms with E-state index in [1.54, 1.807) is 0 Å². The molecule has 1 aromatic carbocycles. The first-order valence-corrected chi connectivity index (χ1v) is 11.4. The fourth-order valence-electron chi connectivity index (χ4n) is 5.74. The van der Waals surface area contributed by atoms with E-state index in [4.69, 9.17) is 9.40 Å². The molecule has 4 heterocycles. The minimum atomic E-state index is -0.0329. The SMILES string of the molecule is C[C@@H]1CNC[C@@H](C)N1c1nc2c(C(=O)NC3CC4CCCC(C3)N4C)cccc2o1.Cl.Cl. The number of para-hydroxylation sites is 1. The van der Waals surface area contributed by atoms with Crippen LogP contribution in [0.15, 0.2) is 22.6 Å². The van der Waals surface area contributed by atoms with Gasteiger partial charge in [0, 0.05) is 43.3 Å². The lowest BCUT2D eigenvalue weighted by Crippen LogP contribution is -2.55. The Morgan fingerprint density at radius 3 is 2.44 bits per heavy atom. The van der Waals surface area contributed by atoms with Gasteiger partial charge in [-0.25, -0.2) is 0 Å².